The minimum Gasteiger partial charge on any atom is -0.369 e. The molecule has 4 aromatic rings. The van der Waals surface area contributed by atoms with Gasteiger partial charge in [0.05, 0.1) is 23.1 Å². The molecule has 0 unspecified atom stereocenters. The Morgan fingerprint density at radius 2 is 1.94 bits per heavy atom. The number of nitrogens with zero attached hydrogens (tertiary/aromatic N) is 4. The van der Waals surface area contributed by atoms with Crippen LogP contribution in [0.15, 0.2) is 55.0 Å². The molecular weight excluding hydrogens is 426 g/mol. The highest BCUT2D eigenvalue weighted by molar-refractivity contribution is 6.07. The van der Waals surface area contributed by atoms with E-state index in [1.54, 1.807) is 0 Å². The van der Waals surface area contributed by atoms with Crippen LogP contribution in [0.1, 0.15) is 22.3 Å². The fourth-order valence-electron chi connectivity index (χ4n) is 4.99. The number of anilines is 3. The van der Waals surface area contributed by atoms with Crippen molar-refractivity contribution in [3.8, 4) is 11.1 Å². The first-order valence-electron chi connectivity index (χ1n) is 11.7. The maximum absolute atomic E-state index is 12.8. The Morgan fingerprint density at radius 1 is 1.00 bits per heavy atom. The molecule has 6 rings (SSSR count). The second-order valence-electron chi connectivity index (χ2n) is 8.84. The van der Waals surface area contributed by atoms with Gasteiger partial charge in [-0.3, -0.25) is 4.79 Å². The number of carbonyl (C=O) groups excluding carboxylic acids is 1. The van der Waals surface area contributed by atoms with Crippen LogP contribution < -0.4 is 20.9 Å². The number of aryl methyl sites for hydroxylation is 1. The third-order valence-electron chi connectivity index (χ3n) is 6.74. The Morgan fingerprint density at radius 3 is 2.82 bits per heavy atom. The lowest BCUT2D eigenvalue weighted by Gasteiger charge is -2.22. The predicted octanol–water partition coefficient (Wildman–Crippen LogP) is 3.42. The van der Waals surface area contributed by atoms with Crippen molar-refractivity contribution >= 4 is 34.1 Å². The van der Waals surface area contributed by atoms with Crippen molar-refractivity contribution in [2.45, 2.75) is 13.0 Å². The van der Waals surface area contributed by atoms with Crippen LogP contribution in [0.2, 0.25) is 0 Å². The summed E-state index contributed by atoms with van der Waals surface area (Å²) in [6, 6.07) is 12.2. The molecule has 1 saturated heterocycles. The van der Waals surface area contributed by atoms with E-state index in [1.165, 1.54) is 0 Å². The van der Waals surface area contributed by atoms with Crippen LogP contribution in [0, 0.1) is 0 Å². The van der Waals surface area contributed by atoms with Crippen molar-refractivity contribution in [1.29, 1.82) is 0 Å². The molecule has 2 aliphatic rings. The molecule has 2 aliphatic heterocycles. The summed E-state index contributed by atoms with van der Waals surface area (Å²) in [5.41, 5.74) is 6.64. The van der Waals surface area contributed by atoms with E-state index in [9.17, 15) is 4.79 Å². The van der Waals surface area contributed by atoms with E-state index in [4.69, 9.17) is 0 Å². The van der Waals surface area contributed by atoms with Gasteiger partial charge >= 0.3 is 0 Å². The molecule has 0 radical (unpaired) electrons. The van der Waals surface area contributed by atoms with Gasteiger partial charge in [0, 0.05) is 51.0 Å². The van der Waals surface area contributed by atoms with Crippen LogP contribution in [0.3, 0.4) is 0 Å². The molecule has 8 nitrogen and oxygen atoms in total. The second-order valence-corrected chi connectivity index (χ2v) is 8.84. The van der Waals surface area contributed by atoms with E-state index in [1.807, 2.05) is 48.4 Å². The standard InChI is InChI=1S/C26H27N7O/c1-32-13-8-20-19(7-10-28-25(20)32)18-4-5-22(24-21(18)16-30-26(24)34)31-23-6-3-17(15-29-23)33-12-2-9-27-11-14-33/h3-8,10,13,15,27H,2,9,11-12,14,16H2,1H3,(H,29,31)(H,30,34). The molecule has 3 N–H and O–H groups in total. The van der Waals surface area contributed by atoms with Gasteiger partial charge < -0.3 is 25.4 Å². The van der Waals surface area contributed by atoms with E-state index >= 15 is 0 Å². The average molecular weight is 454 g/mol. The molecule has 3 aromatic heterocycles. The zero-order chi connectivity index (χ0) is 23.1. The van der Waals surface area contributed by atoms with Crippen LogP contribution in [-0.2, 0) is 13.6 Å². The average Bonchev–Trinajstić information content (AvgIpc) is 3.31. The van der Waals surface area contributed by atoms with Gasteiger partial charge in [0.1, 0.15) is 11.5 Å². The van der Waals surface area contributed by atoms with Gasteiger partial charge in [-0.2, -0.15) is 0 Å². The third-order valence-corrected chi connectivity index (χ3v) is 6.74. The number of rotatable bonds is 4. The number of benzene rings is 1. The van der Waals surface area contributed by atoms with E-state index in [2.05, 4.69) is 49.0 Å². The Kier molecular flexibility index (Phi) is 5.15. The van der Waals surface area contributed by atoms with Crippen LogP contribution in [0.5, 0.6) is 0 Å². The maximum atomic E-state index is 12.8. The fourth-order valence-corrected chi connectivity index (χ4v) is 4.99. The molecule has 5 heterocycles. The first kappa shape index (κ1) is 20.7. The minimum atomic E-state index is -0.0635. The molecule has 172 valence electrons. The first-order chi connectivity index (χ1) is 16.7. The number of hydrogen-bond donors (Lipinski definition) is 3. The molecule has 0 saturated carbocycles. The van der Waals surface area contributed by atoms with Crippen molar-refractivity contribution < 1.29 is 4.79 Å². The fraction of sp³-hybridized carbons (Fsp3) is 0.269. The molecule has 1 amide bonds. The summed E-state index contributed by atoms with van der Waals surface area (Å²) in [4.78, 5) is 24.3. The van der Waals surface area contributed by atoms with Crippen molar-refractivity contribution in [2.75, 3.05) is 36.4 Å². The van der Waals surface area contributed by atoms with Crippen molar-refractivity contribution in [3.63, 3.8) is 0 Å². The Labute approximate surface area is 198 Å². The maximum Gasteiger partial charge on any atom is 0.254 e. The number of hydrogen-bond acceptors (Lipinski definition) is 6. The van der Waals surface area contributed by atoms with E-state index in [0.717, 1.165) is 77.5 Å². The summed E-state index contributed by atoms with van der Waals surface area (Å²) >= 11 is 0. The van der Waals surface area contributed by atoms with Gasteiger partial charge in [0.15, 0.2) is 0 Å². The smallest absolute Gasteiger partial charge is 0.254 e. The molecule has 0 spiro atoms. The molecule has 34 heavy (non-hydrogen) atoms. The van der Waals surface area contributed by atoms with Gasteiger partial charge in [0.2, 0.25) is 0 Å². The van der Waals surface area contributed by atoms with Crippen LogP contribution in [0.4, 0.5) is 17.2 Å². The number of carbonyl (C=O) groups is 1. The Bertz CT molecular complexity index is 1370. The lowest BCUT2D eigenvalue weighted by Crippen LogP contribution is -2.27. The Balaban J connectivity index is 1.33. The van der Waals surface area contributed by atoms with Crippen molar-refractivity contribution in [3.05, 3.63) is 66.1 Å². The van der Waals surface area contributed by atoms with E-state index in [-0.39, 0.29) is 5.91 Å². The normalized spacial score (nSPS) is 15.8. The van der Waals surface area contributed by atoms with E-state index in [0.29, 0.717) is 12.1 Å². The molecule has 0 bridgehead atoms. The monoisotopic (exact) mass is 453 g/mol. The third kappa shape index (κ3) is 3.56. The number of amides is 1. The summed E-state index contributed by atoms with van der Waals surface area (Å²) in [7, 11) is 1.99. The number of aromatic nitrogens is 3. The van der Waals surface area contributed by atoms with Gasteiger partial charge in [0.25, 0.3) is 5.91 Å². The molecule has 1 fully saturated rings. The predicted molar refractivity (Wildman–Crippen MR) is 135 cm³/mol. The topological polar surface area (TPSA) is 87.1 Å². The zero-order valence-corrected chi connectivity index (χ0v) is 19.1. The van der Waals surface area contributed by atoms with Crippen LogP contribution >= 0.6 is 0 Å². The SMILES string of the molecule is Cn1ccc2c(-c3ccc(Nc4ccc(N5CCCNCC5)cn4)c4c3CNC4=O)ccnc21. The van der Waals surface area contributed by atoms with Gasteiger partial charge in [-0.15, -0.1) is 0 Å². The first-order valence-corrected chi connectivity index (χ1v) is 11.7. The Hall–Kier alpha value is -3.91. The second kappa shape index (κ2) is 8.46. The van der Waals surface area contributed by atoms with Gasteiger partial charge in [-0.25, -0.2) is 9.97 Å². The van der Waals surface area contributed by atoms with Crippen LogP contribution in [0.25, 0.3) is 22.2 Å². The minimum absolute atomic E-state index is 0.0635. The highest BCUT2D eigenvalue weighted by atomic mass is 16.1. The quantitative estimate of drug-likeness (QED) is 0.439. The largest absolute Gasteiger partial charge is 0.369 e. The van der Waals surface area contributed by atoms with Crippen molar-refractivity contribution in [1.82, 2.24) is 25.2 Å². The lowest BCUT2D eigenvalue weighted by molar-refractivity contribution is 0.0966. The van der Waals surface area contributed by atoms with Crippen molar-refractivity contribution in [2.24, 2.45) is 7.05 Å². The number of fused-ring (bicyclic) bond motifs is 2. The molecule has 0 aliphatic carbocycles. The summed E-state index contributed by atoms with van der Waals surface area (Å²) in [5.74, 6) is 0.659. The zero-order valence-electron chi connectivity index (χ0n) is 19.1. The van der Waals surface area contributed by atoms with Gasteiger partial charge in [-0.05, 0) is 60.0 Å². The molecule has 8 heteroatoms. The molecule has 1 aromatic carbocycles. The number of pyridine rings is 2. The molecule has 0 atom stereocenters. The molecular formula is C26H27N7O. The van der Waals surface area contributed by atoms with Crippen LogP contribution in [-0.4, -0.2) is 46.6 Å². The summed E-state index contributed by atoms with van der Waals surface area (Å²) < 4.78 is 2.01. The summed E-state index contributed by atoms with van der Waals surface area (Å²) in [5, 5.41) is 10.9. The number of nitrogens with one attached hydrogen (secondary N) is 3. The lowest BCUT2D eigenvalue weighted by atomic mass is 9.94. The van der Waals surface area contributed by atoms with E-state index < -0.39 is 0 Å². The summed E-state index contributed by atoms with van der Waals surface area (Å²) in [6.45, 7) is 4.56. The van der Waals surface area contributed by atoms with Gasteiger partial charge in [-0.1, -0.05) is 6.07 Å². The highest BCUT2D eigenvalue weighted by Crippen LogP contribution is 2.37. The highest BCUT2D eigenvalue weighted by Gasteiger charge is 2.27. The summed E-state index contributed by atoms with van der Waals surface area (Å²) in [6.07, 6.45) is 6.87.